The molecule has 0 aliphatic heterocycles. The molecule has 0 radical (unpaired) electrons. The highest BCUT2D eigenvalue weighted by molar-refractivity contribution is 5.79. The van der Waals surface area contributed by atoms with Crippen molar-refractivity contribution in [1.82, 2.24) is 14.8 Å². The third-order valence-electron chi connectivity index (χ3n) is 3.80. The van der Waals surface area contributed by atoms with Crippen LogP contribution in [-0.4, -0.2) is 48.8 Å². The average molecular weight is 308 g/mol. The molecule has 1 unspecified atom stereocenters. The summed E-state index contributed by atoms with van der Waals surface area (Å²) >= 11 is 0. The topological polar surface area (TPSA) is 41.8 Å². The Bertz CT molecular complexity index is 473. The van der Waals surface area contributed by atoms with Gasteiger partial charge in [-0.1, -0.05) is 20.8 Å². The average Bonchev–Trinajstić information content (AvgIpc) is 2.82. The van der Waals surface area contributed by atoms with Crippen molar-refractivity contribution < 1.29 is 4.74 Å². The lowest BCUT2D eigenvalue weighted by molar-refractivity contribution is 0.0240. The SMILES string of the molecule is CCNC(=NCC(OC)C(C)(C)C)N(C)Cc1cccn1C. The molecule has 0 fully saturated rings. The van der Waals surface area contributed by atoms with E-state index < -0.39 is 0 Å². The lowest BCUT2D eigenvalue weighted by atomic mass is 9.89. The van der Waals surface area contributed by atoms with E-state index in [1.807, 2.05) is 0 Å². The molecule has 5 heteroatoms. The Hall–Kier alpha value is -1.49. The Kier molecular flexibility index (Phi) is 6.94. The molecule has 126 valence electrons. The van der Waals surface area contributed by atoms with Crippen LogP contribution in [-0.2, 0) is 18.3 Å². The Balaban J connectivity index is 2.78. The summed E-state index contributed by atoms with van der Waals surface area (Å²) in [6.45, 7) is 10.9. The Morgan fingerprint density at radius 2 is 2.14 bits per heavy atom. The number of aromatic nitrogens is 1. The fraction of sp³-hybridized carbons (Fsp3) is 0.706. The van der Waals surface area contributed by atoms with Crippen molar-refractivity contribution in [3.63, 3.8) is 0 Å². The molecule has 1 N–H and O–H groups in total. The maximum absolute atomic E-state index is 5.59. The molecule has 0 bridgehead atoms. The minimum Gasteiger partial charge on any atom is -0.379 e. The van der Waals surface area contributed by atoms with Gasteiger partial charge in [-0.05, 0) is 24.5 Å². The van der Waals surface area contributed by atoms with Crippen LogP contribution >= 0.6 is 0 Å². The van der Waals surface area contributed by atoms with E-state index in [1.54, 1.807) is 7.11 Å². The van der Waals surface area contributed by atoms with Gasteiger partial charge in [0.15, 0.2) is 5.96 Å². The van der Waals surface area contributed by atoms with E-state index >= 15 is 0 Å². The zero-order chi connectivity index (χ0) is 16.8. The molecule has 0 aliphatic rings. The summed E-state index contributed by atoms with van der Waals surface area (Å²) in [4.78, 5) is 6.91. The van der Waals surface area contributed by atoms with Gasteiger partial charge in [-0.15, -0.1) is 0 Å². The van der Waals surface area contributed by atoms with Crippen molar-refractivity contribution >= 4 is 5.96 Å². The van der Waals surface area contributed by atoms with Gasteiger partial charge in [-0.25, -0.2) is 0 Å². The van der Waals surface area contributed by atoms with Gasteiger partial charge in [-0.2, -0.15) is 0 Å². The van der Waals surface area contributed by atoms with E-state index in [4.69, 9.17) is 9.73 Å². The quantitative estimate of drug-likeness (QED) is 0.648. The molecule has 5 nitrogen and oxygen atoms in total. The molecule has 1 rings (SSSR count). The molecule has 0 spiro atoms. The molecule has 1 atom stereocenters. The lowest BCUT2D eigenvalue weighted by Gasteiger charge is -2.29. The van der Waals surface area contributed by atoms with Crippen LogP contribution in [0.3, 0.4) is 0 Å². The van der Waals surface area contributed by atoms with Gasteiger partial charge < -0.3 is 19.5 Å². The molecular weight excluding hydrogens is 276 g/mol. The third-order valence-corrected chi connectivity index (χ3v) is 3.80. The van der Waals surface area contributed by atoms with Crippen LogP contribution in [0.2, 0.25) is 0 Å². The molecule has 1 aromatic rings. The smallest absolute Gasteiger partial charge is 0.194 e. The molecule has 0 saturated heterocycles. The van der Waals surface area contributed by atoms with Crippen LogP contribution in [0.15, 0.2) is 23.3 Å². The Morgan fingerprint density at radius 1 is 1.45 bits per heavy atom. The van der Waals surface area contributed by atoms with Gasteiger partial charge in [0.2, 0.25) is 0 Å². The second kappa shape index (κ2) is 8.22. The predicted molar refractivity (Wildman–Crippen MR) is 93.1 cm³/mol. The van der Waals surface area contributed by atoms with Gasteiger partial charge in [-0.3, -0.25) is 4.99 Å². The van der Waals surface area contributed by atoms with Gasteiger partial charge in [0, 0.05) is 39.6 Å². The number of ether oxygens (including phenoxy) is 1. The number of nitrogens with zero attached hydrogens (tertiary/aromatic N) is 3. The number of methoxy groups -OCH3 is 1. The minimum absolute atomic E-state index is 0.0757. The fourth-order valence-electron chi connectivity index (χ4n) is 2.32. The van der Waals surface area contributed by atoms with Crippen LogP contribution in [0.25, 0.3) is 0 Å². The summed E-state index contributed by atoms with van der Waals surface area (Å²) in [5.74, 6) is 0.912. The predicted octanol–water partition coefficient (Wildman–Crippen LogP) is 2.48. The first-order chi connectivity index (χ1) is 10.3. The molecular formula is C17H32N4O. The lowest BCUT2D eigenvalue weighted by Crippen LogP contribution is -2.40. The van der Waals surface area contributed by atoms with E-state index in [0.29, 0.717) is 6.54 Å². The van der Waals surface area contributed by atoms with E-state index in [2.05, 4.69) is 74.9 Å². The second-order valence-corrected chi connectivity index (χ2v) is 6.75. The number of aryl methyl sites for hydroxylation is 1. The summed E-state index contributed by atoms with van der Waals surface area (Å²) < 4.78 is 7.72. The summed E-state index contributed by atoms with van der Waals surface area (Å²) in [5, 5.41) is 3.36. The molecule has 22 heavy (non-hydrogen) atoms. The summed E-state index contributed by atoms with van der Waals surface area (Å²) in [5.41, 5.74) is 1.33. The van der Waals surface area contributed by atoms with Crippen molar-refractivity contribution in [2.45, 2.75) is 40.3 Å². The van der Waals surface area contributed by atoms with Gasteiger partial charge in [0.1, 0.15) is 0 Å². The number of hydrogen-bond donors (Lipinski definition) is 1. The van der Waals surface area contributed by atoms with E-state index in [1.165, 1.54) is 5.69 Å². The highest BCUT2D eigenvalue weighted by Gasteiger charge is 2.24. The first-order valence-electron chi connectivity index (χ1n) is 7.92. The van der Waals surface area contributed by atoms with Crippen LogP contribution in [0.5, 0.6) is 0 Å². The maximum Gasteiger partial charge on any atom is 0.194 e. The Morgan fingerprint density at radius 3 is 2.59 bits per heavy atom. The third kappa shape index (κ3) is 5.37. The molecule has 0 amide bonds. The normalized spacial score (nSPS) is 14.0. The molecule has 0 aliphatic carbocycles. The summed E-state index contributed by atoms with van der Waals surface area (Å²) in [7, 11) is 5.88. The summed E-state index contributed by atoms with van der Waals surface area (Å²) in [6.07, 6.45) is 2.16. The van der Waals surface area contributed by atoms with Crippen LogP contribution in [0.1, 0.15) is 33.4 Å². The monoisotopic (exact) mass is 308 g/mol. The van der Waals surface area contributed by atoms with Crippen LogP contribution in [0, 0.1) is 5.41 Å². The van der Waals surface area contributed by atoms with Crippen LogP contribution in [0.4, 0.5) is 0 Å². The van der Waals surface area contributed by atoms with Gasteiger partial charge in [0.25, 0.3) is 0 Å². The standard InChI is InChI=1S/C17H32N4O/c1-8-18-16(19-12-15(22-7)17(2,3)4)21(6)13-14-10-9-11-20(14)5/h9-11,15H,8,12-13H2,1-7H3,(H,18,19). The number of aliphatic imine (C=N–C) groups is 1. The van der Waals surface area contributed by atoms with Crippen molar-refractivity contribution in [1.29, 1.82) is 0 Å². The van der Waals surface area contributed by atoms with Crippen molar-refractivity contribution in [2.24, 2.45) is 17.5 Å². The molecule has 0 saturated carbocycles. The molecule has 1 heterocycles. The van der Waals surface area contributed by atoms with E-state index in [9.17, 15) is 0 Å². The largest absolute Gasteiger partial charge is 0.379 e. The van der Waals surface area contributed by atoms with E-state index in [0.717, 1.165) is 19.0 Å². The second-order valence-electron chi connectivity index (χ2n) is 6.75. The summed E-state index contributed by atoms with van der Waals surface area (Å²) in [6, 6.07) is 4.20. The van der Waals surface area contributed by atoms with Crippen molar-refractivity contribution in [3.8, 4) is 0 Å². The van der Waals surface area contributed by atoms with Crippen molar-refractivity contribution in [2.75, 3.05) is 27.2 Å². The maximum atomic E-state index is 5.59. The number of rotatable bonds is 6. The number of nitrogens with one attached hydrogen (secondary N) is 1. The van der Waals surface area contributed by atoms with Gasteiger partial charge >= 0.3 is 0 Å². The number of hydrogen-bond acceptors (Lipinski definition) is 2. The first-order valence-corrected chi connectivity index (χ1v) is 7.92. The fourth-order valence-corrected chi connectivity index (χ4v) is 2.32. The highest BCUT2D eigenvalue weighted by atomic mass is 16.5. The van der Waals surface area contributed by atoms with E-state index in [-0.39, 0.29) is 11.5 Å². The minimum atomic E-state index is 0.0757. The number of guanidine groups is 1. The van der Waals surface area contributed by atoms with Crippen LogP contribution < -0.4 is 5.32 Å². The molecule has 1 aromatic heterocycles. The zero-order valence-electron chi connectivity index (χ0n) is 15.2. The highest BCUT2D eigenvalue weighted by Crippen LogP contribution is 2.21. The first kappa shape index (κ1) is 18.6. The Labute approximate surface area is 135 Å². The van der Waals surface area contributed by atoms with Gasteiger partial charge in [0.05, 0.1) is 19.2 Å². The zero-order valence-corrected chi connectivity index (χ0v) is 15.2. The van der Waals surface area contributed by atoms with Crippen molar-refractivity contribution in [3.05, 3.63) is 24.0 Å². The molecule has 0 aromatic carbocycles.